The van der Waals surface area contributed by atoms with Crippen LogP contribution in [0.5, 0.6) is 0 Å². The molecule has 0 unspecified atom stereocenters. The largest absolute Gasteiger partial charge is 0.412 e. The summed E-state index contributed by atoms with van der Waals surface area (Å²) in [6.45, 7) is 2.04. The lowest BCUT2D eigenvalue weighted by Crippen LogP contribution is -1.98. The van der Waals surface area contributed by atoms with Crippen LogP contribution in [0.4, 0.5) is 0 Å². The van der Waals surface area contributed by atoms with Crippen molar-refractivity contribution in [3.63, 3.8) is 0 Å². The van der Waals surface area contributed by atoms with E-state index in [0.717, 1.165) is 6.32 Å². The molecule has 0 spiro atoms. The summed E-state index contributed by atoms with van der Waals surface area (Å²) in [5.74, 6) is 0. The molecule has 0 heterocycles. The van der Waals surface area contributed by atoms with E-state index in [2.05, 4.69) is 0 Å². The standard InChI is InChI=1S/C2H5B3.H2O/c1-2-4-5-3;/h2H2,1H3;1H2. The first-order chi connectivity index (χ1) is 2.41. The SMILES string of the molecule is O.[B][B][B]CC. The van der Waals surface area contributed by atoms with Gasteiger partial charge in [-0.3, -0.25) is 0 Å². The van der Waals surface area contributed by atoms with Crippen molar-refractivity contribution < 1.29 is 5.48 Å². The van der Waals surface area contributed by atoms with Crippen molar-refractivity contribution in [1.82, 2.24) is 0 Å². The summed E-state index contributed by atoms with van der Waals surface area (Å²) in [4.78, 5) is 0. The molecular formula is C2H7B3O. The first kappa shape index (κ1) is 9.47. The molecule has 4 radical (unpaired) electrons. The summed E-state index contributed by atoms with van der Waals surface area (Å²) in [6, 6.07) is 0. The Balaban J connectivity index is 0. The van der Waals surface area contributed by atoms with Crippen molar-refractivity contribution in [1.29, 1.82) is 0 Å². The van der Waals surface area contributed by atoms with E-state index in [-0.39, 0.29) is 5.48 Å². The maximum Gasteiger partial charge on any atom is 0.0541 e. The fourth-order valence-electron chi connectivity index (χ4n) is 0.136. The lowest BCUT2D eigenvalue weighted by molar-refractivity contribution is 0.824. The molecule has 2 N–H and O–H groups in total. The molecule has 0 atom stereocenters. The molecule has 0 aromatic heterocycles. The molecule has 4 heteroatoms. The van der Waals surface area contributed by atoms with E-state index < -0.39 is 0 Å². The van der Waals surface area contributed by atoms with Crippen LogP contribution >= 0.6 is 0 Å². The Bertz CT molecular complexity index is 16.3. The normalized spacial score (nSPS) is 5.50. The third kappa shape index (κ3) is 8.91. The summed E-state index contributed by atoms with van der Waals surface area (Å²) >= 11 is 0. The van der Waals surface area contributed by atoms with Crippen LogP contribution in [0.2, 0.25) is 6.32 Å². The zero-order valence-corrected chi connectivity index (χ0v) is 3.94. The Morgan fingerprint density at radius 3 is 2.17 bits per heavy atom. The Hall–Kier alpha value is 0.155. The van der Waals surface area contributed by atoms with Crippen LogP contribution in [0, 0.1) is 0 Å². The van der Waals surface area contributed by atoms with Crippen LogP contribution in [0.15, 0.2) is 0 Å². The van der Waals surface area contributed by atoms with Gasteiger partial charge in [-0.15, -0.1) is 0 Å². The van der Waals surface area contributed by atoms with Gasteiger partial charge in [0.15, 0.2) is 0 Å². The van der Waals surface area contributed by atoms with Gasteiger partial charge in [-0.2, -0.15) is 0 Å². The fourth-order valence-corrected chi connectivity index (χ4v) is 0.136. The van der Waals surface area contributed by atoms with Crippen molar-refractivity contribution in [2.45, 2.75) is 13.2 Å². The predicted molar refractivity (Wildman–Crippen MR) is 31.4 cm³/mol. The summed E-state index contributed by atoms with van der Waals surface area (Å²) in [6.07, 6.45) is 1.04. The lowest BCUT2D eigenvalue weighted by Gasteiger charge is -1.74. The van der Waals surface area contributed by atoms with E-state index >= 15 is 0 Å². The van der Waals surface area contributed by atoms with E-state index in [9.17, 15) is 0 Å². The number of rotatable bonds is 2. The predicted octanol–water partition coefficient (Wildman–Crippen LogP) is -0.993. The third-order valence-electron chi connectivity index (χ3n) is 0.372. The van der Waals surface area contributed by atoms with Gasteiger partial charge in [-0.25, -0.2) is 0 Å². The summed E-state index contributed by atoms with van der Waals surface area (Å²) in [5, 5.41) is 0. The van der Waals surface area contributed by atoms with Gasteiger partial charge < -0.3 is 5.48 Å². The second-order valence-electron chi connectivity index (χ2n) is 0.836. The van der Waals surface area contributed by atoms with Gasteiger partial charge >= 0.3 is 0 Å². The molecule has 0 amide bonds. The average Bonchev–Trinajstić information content (AvgIpc) is 1.41. The Labute approximate surface area is 41.7 Å². The van der Waals surface area contributed by atoms with Crippen LogP contribution in [-0.4, -0.2) is 27.4 Å². The van der Waals surface area contributed by atoms with E-state index in [0.29, 0.717) is 0 Å². The van der Waals surface area contributed by atoms with Crippen molar-refractivity contribution in [3.05, 3.63) is 0 Å². The van der Waals surface area contributed by atoms with Gasteiger partial charge in [0.2, 0.25) is 0 Å². The second kappa shape index (κ2) is 8.94. The summed E-state index contributed by atoms with van der Waals surface area (Å²) in [7, 11) is 8.42. The quantitative estimate of drug-likeness (QED) is 0.381. The Morgan fingerprint density at radius 1 is 1.67 bits per heavy atom. The zero-order chi connectivity index (χ0) is 4.12. The van der Waals surface area contributed by atoms with Gasteiger partial charge in [0.05, 0.1) is 7.17 Å². The highest BCUT2D eigenvalue weighted by Gasteiger charge is 1.73. The second-order valence-corrected chi connectivity index (χ2v) is 0.836. The number of hydrogen-bond acceptors (Lipinski definition) is 0. The summed E-state index contributed by atoms with van der Waals surface area (Å²) < 4.78 is 0. The molecule has 0 aromatic rings. The smallest absolute Gasteiger partial charge is 0.0541 e. The van der Waals surface area contributed by atoms with E-state index in [1.54, 1.807) is 7.06 Å². The molecule has 0 aliphatic carbocycles. The molecule has 0 fully saturated rings. The zero-order valence-electron chi connectivity index (χ0n) is 3.94. The lowest BCUT2D eigenvalue weighted by atomic mass is 9.27. The topological polar surface area (TPSA) is 31.5 Å². The monoisotopic (exact) mass is 80.1 g/mol. The maximum absolute atomic E-state index is 4.96. The molecule has 0 aromatic carbocycles. The van der Waals surface area contributed by atoms with E-state index in [1.165, 1.54) is 0 Å². The van der Waals surface area contributed by atoms with Gasteiger partial charge in [0.25, 0.3) is 0 Å². The first-order valence-electron chi connectivity index (χ1n) is 1.78. The van der Waals surface area contributed by atoms with Crippen molar-refractivity contribution in [3.8, 4) is 0 Å². The molecule has 0 saturated heterocycles. The average molecular weight is 79.5 g/mol. The molecule has 30 valence electrons. The van der Waals surface area contributed by atoms with Crippen LogP contribution in [0.3, 0.4) is 0 Å². The van der Waals surface area contributed by atoms with Crippen LogP contribution < -0.4 is 0 Å². The molecule has 0 aliphatic rings. The Kier molecular flexibility index (Phi) is 14.1. The van der Waals surface area contributed by atoms with Gasteiger partial charge in [-0.05, 0) is 0 Å². The van der Waals surface area contributed by atoms with Crippen LogP contribution in [0.25, 0.3) is 0 Å². The minimum absolute atomic E-state index is 0. The minimum Gasteiger partial charge on any atom is -0.412 e. The molecule has 0 saturated carbocycles. The third-order valence-corrected chi connectivity index (χ3v) is 0.372. The fraction of sp³-hybridized carbons (Fsp3) is 1.00. The van der Waals surface area contributed by atoms with Crippen LogP contribution in [0.1, 0.15) is 6.92 Å². The first-order valence-corrected chi connectivity index (χ1v) is 1.78. The van der Waals surface area contributed by atoms with Gasteiger partial charge in [-0.1, -0.05) is 13.2 Å². The molecule has 6 heavy (non-hydrogen) atoms. The Morgan fingerprint density at radius 2 is 2.17 bits per heavy atom. The minimum atomic E-state index is 0. The summed E-state index contributed by atoms with van der Waals surface area (Å²) in [5.41, 5.74) is 0. The maximum atomic E-state index is 4.96. The molecule has 0 rings (SSSR count). The number of hydrogen-bond donors (Lipinski definition) is 0. The van der Waals surface area contributed by atoms with E-state index in [1.807, 2.05) is 14.1 Å². The van der Waals surface area contributed by atoms with Gasteiger partial charge in [0.1, 0.15) is 0 Å². The molecule has 0 bridgehead atoms. The van der Waals surface area contributed by atoms with Crippen molar-refractivity contribution in [2.75, 3.05) is 0 Å². The molecule has 1 nitrogen and oxygen atoms in total. The van der Waals surface area contributed by atoms with Gasteiger partial charge in [0, 0.05) is 14.8 Å². The van der Waals surface area contributed by atoms with E-state index in [4.69, 9.17) is 7.74 Å². The highest BCUT2D eigenvalue weighted by molar-refractivity contribution is 7.23. The van der Waals surface area contributed by atoms with Crippen LogP contribution in [-0.2, 0) is 0 Å². The molecule has 0 aliphatic heterocycles. The highest BCUT2D eigenvalue weighted by Crippen LogP contribution is 1.63. The molecular weight excluding hydrogens is 72.5 g/mol. The van der Waals surface area contributed by atoms with Crippen molar-refractivity contribution in [2.24, 2.45) is 0 Å². The van der Waals surface area contributed by atoms with Crippen molar-refractivity contribution >= 4 is 22.0 Å². The highest BCUT2D eigenvalue weighted by atomic mass is 16.0.